The molecule has 2 aromatic rings. The minimum absolute atomic E-state index is 0.0361. The second-order valence-corrected chi connectivity index (χ2v) is 8.37. The number of carbonyl (C=O) groups excluding carboxylic acids is 2. The Morgan fingerprint density at radius 1 is 1.07 bits per heavy atom. The maximum atomic E-state index is 13.0. The van der Waals surface area contributed by atoms with E-state index in [1.165, 1.54) is 0 Å². The zero-order valence-electron chi connectivity index (χ0n) is 17.1. The quantitative estimate of drug-likeness (QED) is 0.513. The molecule has 0 saturated heterocycles. The van der Waals surface area contributed by atoms with E-state index in [1.807, 2.05) is 54.6 Å². The van der Waals surface area contributed by atoms with Crippen molar-refractivity contribution in [1.82, 2.24) is 10.2 Å². The molecule has 156 valence electrons. The molecule has 0 aliphatic rings. The molecule has 1 N–H and O–H groups in total. The second kappa shape index (κ2) is 12.6. The Kier molecular flexibility index (Phi) is 10.1. The SMILES string of the molecule is CCCCNC(=O)[C@@H](C)N(Cc1ccccc1)C(=O)CSCc1ccc(Cl)cc1. The van der Waals surface area contributed by atoms with E-state index < -0.39 is 6.04 Å². The normalized spacial score (nSPS) is 11.7. The fraction of sp³-hybridized carbons (Fsp3) is 0.391. The van der Waals surface area contributed by atoms with Crippen molar-refractivity contribution < 1.29 is 9.59 Å². The first-order chi connectivity index (χ1) is 14.0. The standard InChI is InChI=1S/C23H29ClN2O2S/c1-3-4-14-25-23(28)18(2)26(15-19-8-6-5-7-9-19)22(27)17-29-16-20-10-12-21(24)13-11-20/h5-13,18H,3-4,14-17H2,1-2H3,(H,25,28)/t18-/m1/s1. The Morgan fingerprint density at radius 2 is 1.76 bits per heavy atom. The van der Waals surface area contributed by atoms with Crippen molar-refractivity contribution in [2.75, 3.05) is 12.3 Å². The number of amides is 2. The van der Waals surface area contributed by atoms with E-state index in [1.54, 1.807) is 23.6 Å². The molecule has 1 atom stereocenters. The lowest BCUT2D eigenvalue weighted by molar-refractivity contribution is -0.138. The molecule has 0 heterocycles. The molecule has 0 fully saturated rings. The number of hydrogen-bond donors (Lipinski definition) is 1. The van der Waals surface area contributed by atoms with Gasteiger partial charge in [0.1, 0.15) is 6.04 Å². The van der Waals surface area contributed by atoms with Crippen LogP contribution >= 0.6 is 23.4 Å². The molecule has 0 aliphatic carbocycles. The predicted molar refractivity (Wildman–Crippen MR) is 122 cm³/mol. The first-order valence-electron chi connectivity index (χ1n) is 9.94. The van der Waals surface area contributed by atoms with Crippen LogP contribution in [0.4, 0.5) is 0 Å². The van der Waals surface area contributed by atoms with Crippen LogP contribution < -0.4 is 5.32 Å². The average molecular weight is 433 g/mol. The number of nitrogens with zero attached hydrogens (tertiary/aromatic N) is 1. The second-order valence-electron chi connectivity index (χ2n) is 6.95. The Hall–Kier alpha value is -1.98. The maximum Gasteiger partial charge on any atom is 0.242 e. The summed E-state index contributed by atoms with van der Waals surface area (Å²) in [6.07, 6.45) is 1.95. The van der Waals surface area contributed by atoms with Gasteiger partial charge in [0.15, 0.2) is 0 Å². The van der Waals surface area contributed by atoms with Gasteiger partial charge in [-0.25, -0.2) is 0 Å². The summed E-state index contributed by atoms with van der Waals surface area (Å²) in [4.78, 5) is 27.2. The highest BCUT2D eigenvalue weighted by Crippen LogP contribution is 2.17. The lowest BCUT2D eigenvalue weighted by atomic mass is 10.1. The van der Waals surface area contributed by atoms with Crippen LogP contribution in [-0.2, 0) is 21.9 Å². The van der Waals surface area contributed by atoms with Gasteiger partial charge < -0.3 is 10.2 Å². The Labute approximate surface area is 183 Å². The first-order valence-corrected chi connectivity index (χ1v) is 11.5. The number of nitrogens with one attached hydrogen (secondary N) is 1. The van der Waals surface area contributed by atoms with Gasteiger partial charge in [0.2, 0.25) is 11.8 Å². The van der Waals surface area contributed by atoms with E-state index in [9.17, 15) is 9.59 Å². The topological polar surface area (TPSA) is 49.4 Å². The fourth-order valence-electron chi connectivity index (χ4n) is 2.82. The molecular weight excluding hydrogens is 404 g/mol. The third kappa shape index (κ3) is 8.11. The van der Waals surface area contributed by atoms with Gasteiger partial charge in [0.05, 0.1) is 5.75 Å². The van der Waals surface area contributed by atoms with Crippen LogP contribution in [0.15, 0.2) is 54.6 Å². The summed E-state index contributed by atoms with van der Waals surface area (Å²) in [6, 6.07) is 16.9. The fourth-order valence-corrected chi connectivity index (χ4v) is 3.82. The van der Waals surface area contributed by atoms with Gasteiger partial charge >= 0.3 is 0 Å². The largest absolute Gasteiger partial charge is 0.354 e. The van der Waals surface area contributed by atoms with E-state index in [0.29, 0.717) is 23.9 Å². The van der Waals surface area contributed by atoms with Gasteiger partial charge in [0.25, 0.3) is 0 Å². The minimum Gasteiger partial charge on any atom is -0.354 e. The number of halogens is 1. The number of unbranched alkanes of at least 4 members (excludes halogenated alkanes) is 1. The Bertz CT molecular complexity index is 768. The minimum atomic E-state index is -0.518. The summed E-state index contributed by atoms with van der Waals surface area (Å²) in [7, 11) is 0. The molecule has 0 radical (unpaired) electrons. The van der Waals surface area contributed by atoms with Crippen LogP contribution in [0.3, 0.4) is 0 Å². The highest BCUT2D eigenvalue weighted by Gasteiger charge is 2.25. The van der Waals surface area contributed by atoms with Crippen LogP contribution in [-0.4, -0.2) is 35.1 Å². The summed E-state index contributed by atoms with van der Waals surface area (Å²) in [5.74, 6) is 0.901. The predicted octanol–water partition coefficient (Wildman–Crippen LogP) is 4.91. The van der Waals surface area contributed by atoms with Crippen molar-refractivity contribution in [2.24, 2.45) is 0 Å². The number of hydrogen-bond acceptors (Lipinski definition) is 3. The van der Waals surface area contributed by atoms with E-state index in [2.05, 4.69) is 12.2 Å². The lowest BCUT2D eigenvalue weighted by Crippen LogP contribution is -2.48. The van der Waals surface area contributed by atoms with E-state index in [0.717, 1.165) is 29.7 Å². The monoisotopic (exact) mass is 432 g/mol. The molecule has 2 rings (SSSR count). The summed E-state index contributed by atoms with van der Waals surface area (Å²) < 4.78 is 0. The summed E-state index contributed by atoms with van der Waals surface area (Å²) in [5, 5.41) is 3.64. The number of thioether (sulfide) groups is 1. The summed E-state index contributed by atoms with van der Waals surface area (Å²) in [6.45, 7) is 4.94. The van der Waals surface area contributed by atoms with Crippen molar-refractivity contribution in [1.29, 1.82) is 0 Å². The number of benzene rings is 2. The molecule has 29 heavy (non-hydrogen) atoms. The van der Waals surface area contributed by atoms with E-state index >= 15 is 0 Å². The van der Waals surface area contributed by atoms with Crippen LogP contribution in [0.1, 0.15) is 37.8 Å². The molecule has 4 nitrogen and oxygen atoms in total. The van der Waals surface area contributed by atoms with Crippen molar-refractivity contribution >= 4 is 35.2 Å². The zero-order valence-corrected chi connectivity index (χ0v) is 18.6. The number of rotatable bonds is 11. The number of carbonyl (C=O) groups is 2. The Morgan fingerprint density at radius 3 is 2.41 bits per heavy atom. The third-order valence-electron chi connectivity index (χ3n) is 4.60. The molecular formula is C23H29ClN2O2S. The van der Waals surface area contributed by atoms with E-state index in [-0.39, 0.29) is 11.8 Å². The first kappa shape index (κ1) is 23.3. The van der Waals surface area contributed by atoms with Gasteiger partial charge in [-0.2, -0.15) is 0 Å². The lowest BCUT2D eigenvalue weighted by Gasteiger charge is -2.28. The highest BCUT2D eigenvalue weighted by atomic mass is 35.5. The van der Waals surface area contributed by atoms with Gasteiger partial charge in [-0.05, 0) is 36.6 Å². The highest BCUT2D eigenvalue weighted by molar-refractivity contribution is 7.99. The van der Waals surface area contributed by atoms with Gasteiger partial charge in [-0.1, -0.05) is 67.4 Å². The molecule has 0 saturated carbocycles. The third-order valence-corrected chi connectivity index (χ3v) is 5.84. The summed E-state index contributed by atoms with van der Waals surface area (Å²) in [5.41, 5.74) is 2.13. The van der Waals surface area contributed by atoms with Crippen LogP contribution in [0.5, 0.6) is 0 Å². The molecule has 2 amide bonds. The maximum absolute atomic E-state index is 13.0. The molecule has 0 unspecified atom stereocenters. The smallest absolute Gasteiger partial charge is 0.242 e. The van der Waals surface area contributed by atoms with E-state index in [4.69, 9.17) is 11.6 Å². The van der Waals surface area contributed by atoms with Crippen molar-refractivity contribution in [3.63, 3.8) is 0 Å². The molecule has 0 aromatic heterocycles. The van der Waals surface area contributed by atoms with Gasteiger partial charge in [-0.3, -0.25) is 9.59 Å². The Balaban J connectivity index is 1.99. The molecule has 0 aliphatic heterocycles. The van der Waals surface area contributed by atoms with Gasteiger partial charge in [0, 0.05) is 23.9 Å². The average Bonchev–Trinajstić information content (AvgIpc) is 2.73. The molecule has 0 spiro atoms. The molecule has 0 bridgehead atoms. The van der Waals surface area contributed by atoms with Crippen LogP contribution in [0, 0.1) is 0 Å². The summed E-state index contributed by atoms with van der Waals surface area (Å²) >= 11 is 7.46. The van der Waals surface area contributed by atoms with Crippen LogP contribution in [0.25, 0.3) is 0 Å². The van der Waals surface area contributed by atoms with Gasteiger partial charge in [-0.15, -0.1) is 11.8 Å². The molecule has 6 heteroatoms. The zero-order chi connectivity index (χ0) is 21.1. The van der Waals surface area contributed by atoms with Crippen molar-refractivity contribution in [3.05, 3.63) is 70.7 Å². The van der Waals surface area contributed by atoms with Crippen LogP contribution in [0.2, 0.25) is 5.02 Å². The molecule has 2 aromatic carbocycles. The van der Waals surface area contributed by atoms with Crippen molar-refractivity contribution in [3.8, 4) is 0 Å². The van der Waals surface area contributed by atoms with Crippen molar-refractivity contribution in [2.45, 2.75) is 45.0 Å².